The topological polar surface area (TPSA) is 19.7 Å². The molecule has 1 N–H and O–H groups in total. The van der Waals surface area contributed by atoms with Crippen molar-refractivity contribution >= 4 is 22.6 Å². The van der Waals surface area contributed by atoms with Crippen LogP contribution >= 0.6 is 11.6 Å². The number of para-hydroxylation sites is 2. The van der Waals surface area contributed by atoms with Gasteiger partial charge in [-0.15, -0.1) is 0 Å². The Hall–Kier alpha value is -2.58. The number of halogens is 1. The summed E-state index contributed by atoms with van der Waals surface area (Å²) in [4.78, 5) is 3.55. The Kier molecular flexibility index (Phi) is 3.60. The fourth-order valence-corrected chi connectivity index (χ4v) is 3.02. The maximum absolute atomic E-state index is 6.00. The van der Waals surface area contributed by atoms with Crippen LogP contribution in [0.2, 0.25) is 5.02 Å². The molecule has 4 aromatic rings. The molecular formula is C20H16ClN2+. The summed E-state index contributed by atoms with van der Waals surface area (Å²) in [5.41, 5.74) is 4.74. The van der Waals surface area contributed by atoms with Crippen molar-refractivity contribution in [1.82, 2.24) is 4.98 Å². The molecule has 0 bridgehead atoms. The molecule has 1 heterocycles. The summed E-state index contributed by atoms with van der Waals surface area (Å²) >= 11 is 6.00. The molecule has 0 fully saturated rings. The first kappa shape index (κ1) is 14.0. The second-order valence-corrected chi connectivity index (χ2v) is 6.01. The van der Waals surface area contributed by atoms with Gasteiger partial charge in [0.15, 0.2) is 11.0 Å². The van der Waals surface area contributed by atoms with Gasteiger partial charge in [-0.1, -0.05) is 54.1 Å². The van der Waals surface area contributed by atoms with Gasteiger partial charge in [-0.2, -0.15) is 0 Å². The summed E-state index contributed by atoms with van der Waals surface area (Å²) in [6, 6.07) is 26.8. The third-order valence-electron chi connectivity index (χ3n) is 4.02. The van der Waals surface area contributed by atoms with Crippen LogP contribution in [0.15, 0.2) is 78.9 Å². The Morgan fingerprint density at radius 1 is 0.783 bits per heavy atom. The zero-order chi connectivity index (χ0) is 15.6. The second-order valence-electron chi connectivity index (χ2n) is 5.57. The van der Waals surface area contributed by atoms with Crippen LogP contribution in [0, 0.1) is 0 Å². The normalized spacial score (nSPS) is 11.0. The lowest BCUT2D eigenvalue weighted by Gasteiger charge is -2.03. The van der Waals surface area contributed by atoms with Crippen molar-refractivity contribution in [3.63, 3.8) is 0 Å². The molecule has 0 aliphatic heterocycles. The van der Waals surface area contributed by atoms with Gasteiger partial charge in [0.2, 0.25) is 0 Å². The van der Waals surface area contributed by atoms with Crippen molar-refractivity contribution in [2.75, 3.05) is 0 Å². The number of hydrogen-bond donors (Lipinski definition) is 1. The van der Waals surface area contributed by atoms with E-state index in [1.807, 2.05) is 18.2 Å². The van der Waals surface area contributed by atoms with Crippen LogP contribution in [0.5, 0.6) is 0 Å². The average molecular weight is 320 g/mol. The third kappa shape index (κ3) is 2.73. The standard InChI is InChI=1S/C20H15ClN2/c21-17-12-10-15(11-13-17)14-23-19-9-5-4-8-18(19)22-20(23)16-6-2-1-3-7-16/h1-13H,14H2/p+1. The lowest BCUT2D eigenvalue weighted by molar-refractivity contribution is -0.651. The van der Waals surface area contributed by atoms with Gasteiger partial charge in [-0.3, -0.25) is 0 Å². The van der Waals surface area contributed by atoms with Crippen molar-refractivity contribution < 1.29 is 4.57 Å². The molecule has 0 aliphatic carbocycles. The van der Waals surface area contributed by atoms with E-state index in [1.165, 1.54) is 16.6 Å². The number of imidazole rings is 1. The fourth-order valence-electron chi connectivity index (χ4n) is 2.89. The Bertz CT molecular complexity index is 940. The van der Waals surface area contributed by atoms with Crippen LogP contribution in [0.1, 0.15) is 5.56 Å². The maximum atomic E-state index is 6.00. The molecule has 0 saturated heterocycles. The van der Waals surface area contributed by atoms with E-state index >= 15 is 0 Å². The van der Waals surface area contributed by atoms with Crippen LogP contribution in [0.4, 0.5) is 0 Å². The van der Waals surface area contributed by atoms with E-state index in [1.54, 1.807) is 0 Å². The number of nitrogens with zero attached hydrogens (tertiary/aromatic N) is 1. The molecule has 0 saturated carbocycles. The first-order valence-corrected chi connectivity index (χ1v) is 7.99. The molecule has 2 nitrogen and oxygen atoms in total. The number of hydrogen-bond acceptors (Lipinski definition) is 0. The molecule has 0 amide bonds. The first-order valence-electron chi connectivity index (χ1n) is 7.62. The highest BCUT2D eigenvalue weighted by molar-refractivity contribution is 6.30. The molecule has 0 radical (unpaired) electrons. The first-order chi connectivity index (χ1) is 11.3. The lowest BCUT2D eigenvalue weighted by Crippen LogP contribution is -2.35. The van der Waals surface area contributed by atoms with Crippen LogP contribution in [-0.4, -0.2) is 4.98 Å². The van der Waals surface area contributed by atoms with E-state index < -0.39 is 0 Å². The number of aromatic amines is 1. The van der Waals surface area contributed by atoms with Gasteiger partial charge in [0.05, 0.1) is 5.56 Å². The highest BCUT2D eigenvalue weighted by atomic mass is 35.5. The molecule has 3 heteroatoms. The molecule has 0 aliphatic rings. The molecule has 3 aromatic carbocycles. The Morgan fingerprint density at radius 2 is 1.48 bits per heavy atom. The van der Waals surface area contributed by atoms with Gasteiger partial charge >= 0.3 is 0 Å². The molecule has 0 unspecified atom stereocenters. The zero-order valence-electron chi connectivity index (χ0n) is 12.5. The lowest BCUT2D eigenvalue weighted by atomic mass is 10.2. The van der Waals surface area contributed by atoms with Gasteiger partial charge in [0.1, 0.15) is 6.54 Å². The van der Waals surface area contributed by atoms with E-state index in [4.69, 9.17) is 11.6 Å². The second kappa shape index (κ2) is 5.90. The van der Waals surface area contributed by atoms with E-state index in [-0.39, 0.29) is 0 Å². The van der Waals surface area contributed by atoms with Gasteiger partial charge < -0.3 is 0 Å². The van der Waals surface area contributed by atoms with E-state index in [0.717, 1.165) is 22.9 Å². The smallest absolute Gasteiger partial charge is 0.236 e. The van der Waals surface area contributed by atoms with Crippen LogP contribution in [-0.2, 0) is 6.54 Å². The summed E-state index contributed by atoms with van der Waals surface area (Å²) < 4.78 is 2.31. The summed E-state index contributed by atoms with van der Waals surface area (Å²) in [7, 11) is 0. The minimum absolute atomic E-state index is 0.765. The summed E-state index contributed by atoms with van der Waals surface area (Å²) in [6.07, 6.45) is 0. The number of rotatable bonds is 3. The average Bonchev–Trinajstić information content (AvgIpc) is 2.96. The quantitative estimate of drug-likeness (QED) is 0.522. The predicted octanol–water partition coefficient (Wildman–Crippen LogP) is 4.82. The van der Waals surface area contributed by atoms with Crippen molar-refractivity contribution in [3.05, 3.63) is 89.4 Å². The van der Waals surface area contributed by atoms with Crippen LogP contribution in [0.25, 0.3) is 22.4 Å². The minimum Gasteiger partial charge on any atom is -0.236 e. The molecular weight excluding hydrogens is 304 g/mol. The predicted molar refractivity (Wildman–Crippen MR) is 94.5 cm³/mol. The Balaban J connectivity index is 1.87. The van der Waals surface area contributed by atoms with Crippen LogP contribution in [0.3, 0.4) is 0 Å². The number of fused-ring (bicyclic) bond motifs is 1. The highest BCUT2D eigenvalue weighted by Gasteiger charge is 2.19. The van der Waals surface area contributed by atoms with Crippen molar-refractivity contribution in [2.24, 2.45) is 0 Å². The Morgan fingerprint density at radius 3 is 2.26 bits per heavy atom. The zero-order valence-corrected chi connectivity index (χ0v) is 13.3. The molecule has 1 aromatic heterocycles. The van der Waals surface area contributed by atoms with E-state index in [9.17, 15) is 0 Å². The van der Waals surface area contributed by atoms with Gasteiger partial charge in [0.25, 0.3) is 5.82 Å². The van der Waals surface area contributed by atoms with Crippen LogP contribution < -0.4 is 4.57 Å². The summed E-state index contributed by atoms with van der Waals surface area (Å²) in [6.45, 7) is 0.797. The van der Waals surface area contributed by atoms with Crippen molar-refractivity contribution in [1.29, 1.82) is 0 Å². The monoisotopic (exact) mass is 319 g/mol. The van der Waals surface area contributed by atoms with E-state index in [0.29, 0.717) is 0 Å². The van der Waals surface area contributed by atoms with Gasteiger partial charge in [-0.25, -0.2) is 9.55 Å². The molecule has 0 spiro atoms. The van der Waals surface area contributed by atoms with Crippen molar-refractivity contribution in [3.8, 4) is 11.4 Å². The highest BCUT2D eigenvalue weighted by Crippen LogP contribution is 2.19. The largest absolute Gasteiger partial charge is 0.287 e. The summed E-state index contributed by atoms with van der Waals surface area (Å²) in [5, 5.41) is 0.765. The molecule has 0 atom stereocenters. The Labute approximate surface area is 140 Å². The van der Waals surface area contributed by atoms with Gasteiger partial charge in [0, 0.05) is 5.02 Å². The fraction of sp³-hybridized carbons (Fsp3) is 0.0500. The number of nitrogens with one attached hydrogen (secondary N) is 1. The van der Waals surface area contributed by atoms with E-state index in [2.05, 4.69) is 70.2 Å². The number of H-pyrrole nitrogens is 1. The number of aromatic nitrogens is 2. The molecule has 4 rings (SSSR count). The summed E-state index contributed by atoms with van der Waals surface area (Å²) in [5.74, 6) is 1.11. The third-order valence-corrected chi connectivity index (χ3v) is 4.27. The molecule has 112 valence electrons. The maximum Gasteiger partial charge on any atom is 0.287 e. The SMILES string of the molecule is Clc1ccc(C[n+]2c(-c3ccccc3)[nH]c3ccccc32)cc1. The van der Waals surface area contributed by atoms with Crippen molar-refractivity contribution in [2.45, 2.75) is 6.54 Å². The molecule has 23 heavy (non-hydrogen) atoms. The van der Waals surface area contributed by atoms with Gasteiger partial charge in [-0.05, 0) is 42.0 Å². The minimum atomic E-state index is 0.765. The number of benzene rings is 3.